The Morgan fingerprint density at radius 1 is 1.12 bits per heavy atom. The van der Waals surface area contributed by atoms with E-state index in [1.807, 2.05) is 0 Å². The lowest BCUT2D eigenvalue weighted by Crippen LogP contribution is -2.17. The van der Waals surface area contributed by atoms with Crippen LogP contribution in [-0.4, -0.2) is 14.8 Å². The highest BCUT2D eigenvalue weighted by Gasteiger charge is 2.31. The van der Waals surface area contributed by atoms with Crippen molar-refractivity contribution in [2.45, 2.75) is 11.3 Å². The van der Waals surface area contributed by atoms with Crippen LogP contribution < -0.4 is 16.0 Å². The van der Waals surface area contributed by atoms with E-state index in [2.05, 4.69) is 4.74 Å². The number of hydrogen-bond acceptors (Lipinski definition) is 3. The van der Waals surface area contributed by atoms with E-state index in [0.29, 0.717) is 0 Å². The molecule has 5 nitrogen and oxygen atoms in total. The van der Waals surface area contributed by atoms with E-state index in [1.54, 1.807) is 0 Å². The van der Waals surface area contributed by atoms with E-state index in [0.717, 1.165) is 24.3 Å². The Hall–Kier alpha value is -1.32. The molecule has 9 heteroatoms. The van der Waals surface area contributed by atoms with Crippen LogP contribution in [0.5, 0.6) is 5.75 Å². The van der Waals surface area contributed by atoms with Crippen molar-refractivity contribution in [3.8, 4) is 5.75 Å². The minimum Gasteiger partial charge on any atom is -0.406 e. The minimum atomic E-state index is -4.80. The van der Waals surface area contributed by atoms with Gasteiger partial charge in [0.1, 0.15) is 5.75 Å². The van der Waals surface area contributed by atoms with Gasteiger partial charge in [0, 0.05) is 6.15 Å². The third kappa shape index (κ3) is 4.47. The summed E-state index contributed by atoms with van der Waals surface area (Å²) in [6.07, 6.45) is -4.80. The maximum atomic E-state index is 11.7. The Morgan fingerprint density at radius 2 is 1.56 bits per heavy atom. The molecule has 0 bridgehead atoms. The molecule has 0 aromatic heterocycles. The molecule has 0 unspecified atom stereocenters. The zero-order valence-electron chi connectivity index (χ0n) is 7.60. The first-order valence-corrected chi connectivity index (χ1v) is 5.12. The first-order chi connectivity index (χ1) is 6.68. The Bertz CT molecular complexity index is 441. The summed E-state index contributed by atoms with van der Waals surface area (Å²) in [5.74, 6) is -0.505. The maximum Gasteiger partial charge on any atom is 0.573 e. The number of sulfonamides is 1. The van der Waals surface area contributed by atoms with Gasteiger partial charge in [-0.15, -0.1) is 13.2 Å². The standard InChI is InChI=1S/C7H6F3NO3S.N/c8-7(9,10)14-5-1-3-6(4-2-5)15(11,12)13;/h1-4H,(H2,11,12,13);. The van der Waals surface area contributed by atoms with E-state index in [9.17, 15) is 21.6 Å². The molecule has 89 valence electrons. The maximum absolute atomic E-state index is 11.7. The van der Waals surface area contributed by atoms with Gasteiger partial charge >= 0.3 is 6.36 Å². The van der Waals surface area contributed by atoms with Gasteiger partial charge in [0.25, 0.3) is 0 Å². The summed E-state index contributed by atoms with van der Waals surface area (Å²) in [6, 6.07) is 3.59. The van der Waals surface area contributed by atoms with Crippen LogP contribution >= 0.6 is 0 Å². The van der Waals surface area contributed by atoms with Gasteiger partial charge < -0.3 is 4.74 Å². The van der Waals surface area contributed by atoms with Crippen molar-refractivity contribution < 1.29 is 26.3 Å². The number of halogens is 3. The molecule has 1 aromatic carbocycles. The van der Waals surface area contributed by atoms with Gasteiger partial charge in [-0.2, -0.15) is 0 Å². The molecule has 0 aliphatic heterocycles. The number of benzene rings is 1. The van der Waals surface area contributed by atoms with E-state index >= 15 is 0 Å². The number of nitrogens with zero attached hydrogens (tertiary/aromatic N) is 1. The zero-order chi connectivity index (χ0) is 11.7. The normalized spacial score (nSPS) is 11.8. The van der Waals surface area contributed by atoms with E-state index in [1.165, 1.54) is 0 Å². The topological polar surface area (TPSA) is 99.9 Å². The number of rotatable bonds is 2. The second-order valence-electron chi connectivity index (χ2n) is 2.56. The van der Waals surface area contributed by atoms with Gasteiger partial charge in [-0.05, 0) is 24.3 Å². The van der Waals surface area contributed by atoms with Gasteiger partial charge in [-0.1, -0.05) is 0 Å². The summed E-state index contributed by atoms with van der Waals surface area (Å²) in [4.78, 5) is -0.281. The van der Waals surface area contributed by atoms with Crippen molar-refractivity contribution in [3.05, 3.63) is 24.3 Å². The Kier molecular flexibility index (Phi) is 4.29. The van der Waals surface area contributed by atoms with Crippen LogP contribution in [-0.2, 0) is 10.0 Å². The molecule has 16 heavy (non-hydrogen) atoms. The van der Waals surface area contributed by atoms with E-state index < -0.39 is 22.1 Å². The SMILES string of the molecule is NS(=O)(=O)c1ccc(OC(F)(F)F)cc1.[N]. The molecular weight excluding hydrogens is 249 g/mol. The van der Waals surface area contributed by atoms with Gasteiger partial charge in [-0.3, -0.25) is 0 Å². The average Bonchev–Trinajstić information content (AvgIpc) is 2.00. The van der Waals surface area contributed by atoms with Crippen molar-refractivity contribution in [1.29, 1.82) is 0 Å². The van der Waals surface area contributed by atoms with Crippen LogP contribution in [0.2, 0.25) is 0 Å². The monoisotopic (exact) mass is 255 g/mol. The van der Waals surface area contributed by atoms with Crippen LogP contribution in [0.3, 0.4) is 0 Å². The number of hydrogen-bond donors (Lipinski definition) is 1. The Balaban J connectivity index is 0.00000225. The smallest absolute Gasteiger partial charge is 0.406 e. The predicted octanol–water partition coefficient (Wildman–Crippen LogP) is 0.752. The first kappa shape index (κ1) is 14.7. The van der Waals surface area contributed by atoms with Crippen molar-refractivity contribution in [2.75, 3.05) is 0 Å². The molecule has 0 fully saturated rings. The van der Waals surface area contributed by atoms with Crippen LogP contribution in [0.4, 0.5) is 13.2 Å². The van der Waals surface area contributed by atoms with Crippen LogP contribution in [0.1, 0.15) is 0 Å². The molecule has 0 saturated heterocycles. The molecule has 0 spiro atoms. The quantitative estimate of drug-likeness (QED) is 0.843. The molecule has 1 aromatic rings. The third-order valence-electron chi connectivity index (χ3n) is 1.39. The molecule has 0 saturated carbocycles. The van der Waals surface area contributed by atoms with Crippen molar-refractivity contribution in [3.63, 3.8) is 0 Å². The highest BCUT2D eigenvalue weighted by Crippen LogP contribution is 2.23. The summed E-state index contributed by atoms with van der Waals surface area (Å²) in [7, 11) is -3.90. The molecule has 0 aliphatic carbocycles. The molecule has 0 heterocycles. The molecule has 0 aliphatic rings. The number of alkyl halides is 3. The summed E-state index contributed by atoms with van der Waals surface area (Å²) in [6.45, 7) is 0. The largest absolute Gasteiger partial charge is 0.573 e. The third-order valence-corrected chi connectivity index (χ3v) is 2.32. The summed E-state index contributed by atoms with van der Waals surface area (Å²) in [5, 5.41) is 4.74. The molecule has 2 N–H and O–H groups in total. The molecular formula is C7H6F3N2O3S. The lowest BCUT2D eigenvalue weighted by atomic mass is 10.3. The second kappa shape index (κ2) is 4.68. The van der Waals surface area contributed by atoms with Gasteiger partial charge in [0.05, 0.1) is 4.90 Å². The lowest BCUT2D eigenvalue weighted by Gasteiger charge is -2.08. The van der Waals surface area contributed by atoms with Crippen LogP contribution in [0, 0.1) is 0 Å². The average molecular weight is 255 g/mol. The molecule has 1 rings (SSSR count). The minimum absolute atomic E-state index is 0. The van der Waals surface area contributed by atoms with Crippen molar-refractivity contribution in [1.82, 2.24) is 6.15 Å². The van der Waals surface area contributed by atoms with Crippen LogP contribution in [0.25, 0.3) is 0 Å². The highest BCUT2D eigenvalue weighted by atomic mass is 32.2. The van der Waals surface area contributed by atoms with Crippen LogP contribution in [0.15, 0.2) is 29.2 Å². The second-order valence-corrected chi connectivity index (χ2v) is 4.13. The Labute approximate surface area is 89.6 Å². The summed E-state index contributed by atoms with van der Waals surface area (Å²) >= 11 is 0. The van der Waals surface area contributed by atoms with Crippen molar-refractivity contribution >= 4 is 10.0 Å². The summed E-state index contributed by atoms with van der Waals surface area (Å²) in [5.41, 5.74) is 0. The van der Waals surface area contributed by atoms with E-state index in [-0.39, 0.29) is 11.0 Å². The molecule has 0 atom stereocenters. The highest BCUT2D eigenvalue weighted by molar-refractivity contribution is 7.89. The number of nitrogens with two attached hydrogens (primary N) is 1. The fourth-order valence-corrected chi connectivity index (χ4v) is 1.35. The van der Waals surface area contributed by atoms with Gasteiger partial charge in [0.15, 0.2) is 0 Å². The van der Waals surface area contributed by atoms with Gasteiger partial charge in [-0.25, -0.2) is 13.6 Å². The fourth-order valence-electron chi connectivity index (χ4n) is 0.831. The zero-order valence-corrected chi connectivity index (χ0v) is 8.42. The number of primary sulfonamides is 1. The van der Waals surface area contributed by atoms with Gasteiger partial charge in [0.2, 0.25) is 10.0 Å². The molecule has 0 amide bonds. The summed E-state index contributed by atoms with van der Waals surface area (Å²) < 4.78 is 60.2. The fraction of sp³-hybridized carbons (Fsp3) is 0.143. The lowest BCUT2D eigenvalue weighted by molar-refractivity contribution is -0.274. The van der Waals surface area contributed by atoms with Crippen molar-refractivity contribution in [2.24, 2.45) is 5.14 Å². The van der Waals surface area contributed by atoms with E-state index in [4.69, 9.17) is 5.14 Å². The predicted molar refractivity (Wildman–Crippen MR) is 46.6 cm³/mol. The first-order valence-electron chi connectivity index (χ1n) is 3.57. The Morgan fingerprint density at radius 3 is 1.88 bits per heavy atom. The molecule has 3 radical (unpaired) electrons. The number of ether oxygens (including phenoxy) is 1.